The van der Waals surface area contributed by atoms with Gasteiger partial charge < -0.3 is 11.1 Å². The molecule has 0 saturated carbocycles. The Morgan fingerprint density at radius 3 is 2.30 bits per heavy atom. The van der Waals surface area contributed by atoms with Crippen LogP contribution in [0.25, 0.3) is 0 Å². The Morgan fingerprint density at radius 2 is 1.78 bits per heavy atom. The number of carbonyl (C=O) groups is 2. The number of sulfonamides is 1. The van der Waals surface area contributed by atoms with Crippen molar-refractivity contribution in [1.82, 2.24) is 4.31 Å². The lowest BCUT2D eigenvalue weighted by Crippen LogP contribution is -2.42. The molecule has 3 N–H and O–H groups in total. The molecule has 10 heteroatoms. The van der Waals surface area contributed by atoms with Crippen LogP contribution in [-0.2, 0) is 10.0 Å². The van der Waals surface area contributed by atoms with Gasteiger partial charge in [0.2, 0.25) is 0 Å². The van der Waals surface area contributed by atoms with E-state index in [1.807, 2.05) is 0 Å². The number of amides is 2. The Hall–Kier alpha value is -2.30. The summed E-state index contributed by atoms with van der Waals surface area (Å²) >= 11 is 0.683. The number of carbonyl (C=O) groups excluding carboxylic acids is 2. The van der Waals surface area contributed by atoms with Crippen LogP contribution in [0, 0.1) is 5.82 Å². The molecule has 1 aromatic carbocycles. The van der Waals surface area contributed by atoms with Crippen molar-refractivity contribution in [3.05, 3.63) is 47.3 Å². The highest BCUT2D eigenvalue weighted by molar-refractivity contribution is 7.91. The summed E-state index contributed by atoms with van der Waals surface area (Å²) in [5.74, 6) is -2.46. The molecule has 0 fully saturated rings. The molecular weight excluding hydrogens is 393 g/mol. The van der Waals surface area contributed by atoms with Gasteiger partial charge in [0.25, 0.3) is 21.8 Å². The smallest absolute Gasteiger partial charge is 0.259 e. The first-order chi connectivity index (χ1) is 12.4. The molecule has 0 aliphatic rings. The van der Waals surface area contributed by atoms with E-state index in [1.165, 1.54) is 25.2 Å². The third kappa shape index (κ3) is 4.34. The lowest BCUT2D eigenvalue weighted by molar-refractivity contribution is 0.100. The molecule has 0 aliphatic heterocycles. The van der Waals surface area contributed by atoms with Crippen molar-refractivity contribution >= 4 is 38.2 Å². The summed E-state index contributed by atoms with van der Waals surface area (Å²) in [6.45, 7) is 5.15. The number of nitrogens with one attached hydrogen (secondary N) is 1. The van der Waals surface area contributed by atoms with Gasteiger partial charge in [-0.1, -0.05) is 12.1 Å². The summed E-state index contributed by atoms with van der Waals surface area (Å²) in [5, 5.41) is 2.32. The highest BCUT2D eigenvalue weighted by atomic mass is 32.2. The van der Waals surface area contributed by atoms with Crippen LogP contribution < -0.4 is 11.1 Å². The Labute approximate surface area is 161 Å². The van der Waals surface area contributed by atoms with Crippen molar-refractivity contribution in [3.63, 3.8) is 0 Å². The Bertz CT molecular complexity index is 994. The van der Waals surface area contributed by atoms with Crippen LogP contribution in [-0.4, -0.2) is 37.1 Å². The highest BCUT2D eigenvalue weighted by Crippen LogP contribution is 2.34. The number of thiophene rings is 1. The predicted molar refractivity (Wildman–Crippen MR) is 102 cm³/mol. The molecule has 0 radical (unpaired) electrons. The average Bonchev–Trinajstić information content (AvgIpc) is 2.98. The average molecular weight is 413 g/mol. The topological polar surface area (TPSA) is 110 Å². The van der Waals surface area contributed by atoms with Gasteiger partial charge in [-0.25, -0.2) is 12.8 Å². The maximum absolute atomic E-state index is 13.8. The molecule has 0 spiro atoms. The number of halogens is 1. The molecule has 2 rings (SSSR count). The van der Waals surface area contributed by atoms with Crippen LogP contribution >= 0.6 is 11.3 Å². The zero-order valence-corrected chi connectivity index (χ0v) is 16.9. The molecule has 0 saturated heterocycles. The fraction of sp³-hybridized carbons (Fsp3) is 0.294. The van der Waals surface area contributed by atoms with Crippen molar-refractivity contribution in [2.24, 2.45) is 5.73 Å². The number of nitrogens with two attached hydrogens (primary N) is 1. The molecule has 0 unspecified atom stereocenters. The summed E-state index contributed by atoms with van der Waals surface area (Å²) in [7, 11) is -2.51. The van der Waals surface area contributed by atoms with Gasteiger partial charge in [-0.3, -0.25) is 9.59 Å². The van der Waals surface area contributed by atoms with Crippen molar-refractivity contribution in [3.8, 4) is 0 Å². The van der Waals surface area contributed by atoms with Gasteiger partial charge in [0.05, 0.1) is 11.1 Å². The number of benzene rings is 1. The number of nitrogens with zero attached hydrogens (tertiary/aromatic N) is 1. The second-order valence-electron chi connectivity index (χ2n) is 6.75. The fourth-order valence-electron chi connectivity index (χ4n) is 2.08. The number of anilines is 1. The van der Waals surface area contributed by atoms with Crippen molar-refractivity contribution in [1.29, 1.82) is 0 Å². The zero-order chi connectivity index (χ0) is 20.6. The van der Waals surface area contributed by atoms with Gasteiger partial charge in [-0.15, -0.1) is 11.3 Å². The van der Waals surface area contributed by atoms with Crippen molar-refractivity contribution in [2.75, 3.05) is 12.4 Å². The lowest BCUT2D eigenvalue weighted by atomic mass is 10.1. The minimum absolute atomic E-state index is 0.0587. The third-order valence-corrected chi connectivity index (χ3v) is 7.50. The van der Waals surface area contributed by atoms with Crippen LogP contribution in [0.3, 0.4) is 0 Å². The number of hydrogen-bond donors (Lipinski definition) is 2. The van der Waals surface area contributed by atoms with Gasteiger partial charge in [0.15, 0.2) is 0 Å². The second kappa shape index (κ2) is 7.37. The highest BCUT2D eigenvalue weighted by Gasteiger charge is 2.33. The quantitative estimate of drug-likeness (QED) is 0.785. The van der Waals surface area contributed by atoms with Crippen LogP contribution in [0.15, 0.2) is 34.5 Å². The number of hydrogen-bond acceptors (Lipinski definition) is 5. The minimum atomic E-state index is -3.92. The van der Waals surface area contributed by atoms with Gasteiger partial charge in [-0.05, 0) is 39.0 Å². The largest absolute Gasteiger partial charge is 0.366 e. The molecule has 1 aromatic heterocycles. The molecule has 27 heavy (non-hydrogen) atoms. The SMILES string of the molecule is CN(C(C)(C)C)S(=O)(=O)c1cc(C(N)=O)c(NC(=O)c2ccccc2F)s1. The normalized spacial score (nSPS) is 12.2. The molecule has 0 bridgehead atoms. The summed E-state index contributed by atoms with van der Waals surface area (Å²) < 4.78 is 40.4. The van der Waals surface area contributed by atoms with Gasteiger partial charge in [0, 0.05) is 12.6 Å². The minimum Gasteiger partial charge on any atom is -0.366 e. The Kier molecular flexibility index (Phi) is 5.74. The molecular formula is C17H20FN3O4S2. The van der Waals surface area contributed by atoms with Gasteiger partial charge in [0.1, 0.15) is 15.0 Å². The molecule has 7 nitrogen and oxygen atoms in total. The second-order valence-corrected chi connectivity index (χ2v) is 10.00. The monoisotopic (exact) mass is 413 g/mol. The van der Waals surface area contributed by atoms with Crippen LogP contribution in [0.1, 0.15) is 41.5 Å². The maximum Gasteiger partial charge on any atom is 0.259 e. The van der Waals surface area contributed by atoms with Crippen LogP contribution in [0.5, 0.6) is 0 Å². The first-order valence-corrected chi connectivity index (χ1v) is 10.1. The van der Waals surface area contributed by atoms with Crippen molar-refractivity contribution in [2.45, 2.75) is 30.5 Å². The molecule has 146 valence electrons. The molecule has 2 amide bonds. The van der Waals surface area contributed by atoms with Crippen LogP contribution in [0.4, 0.5) is 9.39 Å². The third-order valence-electron chi connectivity index (χ3n) is 3.88. The summed E-state index contributed by atoms with van der Waals surface area (Å²) in [6.07, 6.45) is 0. The summed E-state index contributed by atoms with van der Waals surface area (Å²) in [5.41, 5.74) is 4.21. The molecule has 2 aromatic rings. The molecule has 0 aliphatic carbocycles. The predicted octanol–water partition coefficient (Wildman–Crippen LogP) is 2.66. The lowest BCUT2D eigenvalue weighted by Gasteiger charge is -2.30. The van der Waals surface area contributed by atoms with E-state index in [1.54, 1.807) is 20.8 Å². The summed E-state index contributed by atoms with van der Waals surface area (Å²) in [4.78, 5) is 24.0. The van der Waals surface area contributed by atoms with Gasteiger partial charge >= 0.3 is 0 Å². The van der Waals surface area contributed by atoms with Gasteiger partial charge in [-0.2, -0.15) is 4.31 Å². The van der Waals surface area contributed by atoms with E-state index in [2.05, 4.69) is 5.32 Å². The standard InChI is InChI=1S/C17H20FN3O4S2/c1-17(2,3)21(4)27(24,25)13-9-11(14(19)22)16(26-13)20-15(23)10-7-5-6-8-12(10)18/h5-9H,1-4H3,(H2,19,22)(H,20,23). The summed E-state index contributed by atoms with van der Waals surface area (Å²) in [6, 6.07) is 6.41. The fourth-order valence-corrected chi connectivity index (χ4v) is 5.14. The van der Waals surface area contributed by atoms with E-state index in [-0.39, 0.29) is 20.3 Å². The molecule has 0 atom stereocenters. The van der Waals surface area contributed by atoms with Crippen LogP contribution in [0.2, 0.25) is 0 Å². The van der Waals surface area contributed by atoms with E-state index in [9.17, 15) is 22.4 Å². The molecule has 1 heterocycles. The maximum atomic E-state index is 13.8. The van der Waals surface area contributed by atoms with E-state index < -0.39 is 33.2 Å². The number of primary amides is 1. The van der Waals surface area contributed by atoms with E-state index in [0.717, 1.165) is 16.4 Å². The van der Waals surface area contributed by atoms with Crippen molar-refractivity contribution < 1.29 is 22.4 Å². The first-order valence-electron chi connectivity index (χ1n) is 7.84. The zero-order valence-electron chi connectivity index (χ0n) is 15.2. The van der Waals surface area contributed by atoms with E-state index in [0.29, 0.717) is 11.3 Å². The van der Waals surface area contributed by atoms with E-state index in [4.69, 9.17) is 5.73 Å². The Morgan fingerprint density at radius 1 is 1.19 bits per heavy atom. The Balaban J connectivity index is 2.46. The van der Waals surface area contributed by atoms with E-state index >= 15 is 0 Å². The number of rotatable bonds is 5. The first kappa shape index (κ1) is 21.0.